The first-order chi connectivity index (χ1) is 16.1. The third kappa shape index (κ3) is 4.99. The fourth-order valence-electron chi connectivity index (χ4n) is 3.25. The minimum atomic E-state index is -0.635. The van der Waals surface area contributed by atoms with Gasteiger partial charge in [-0.25, -0.2) is 24.1 Å². The van der Waals surface area contributed by atoms with Gasteiger partial charge in [-0.2, -0.15) is 0 Å². The Kier molecular flexibility index (Phi) is 6.21. The lowest BCUT2D eigenvalue weighted by atomic mass is 9.96. The largest absolute Gasteiger partial charge is 0.368 e. The van der Waals surface area contributed by atoms with Gasteiger partial charge in [0.1, 0.15) is 11.5 Å². The lowest BCUT2D eigenvalue weighted by molar-refractivity contribution is 0.262. The number of hydrogen-bond acceptors (Lipinski definition) is 5. The van der Waals surface area contributed by atoms with Crippen LogP contribution in [0.5, 0.6) is 0 Å². The number of nitrogens with one attached hydrogen (secondary N) is 3. The molecule has 0 aliphatic heterocycles. The zero-order chi connectivity index (χ0) is 24.5. The van der Waals surface area contributed by atoms with Gasteiger partial charge in [0.15, 0.2) is 5.82 Å². The summed E-state index contributed by atoms with van der Waals surface area (Å²) in [6.07, 6.45) is 1.52. The maximum absolute atomic E-state index is 15.6. The van der Waals surface area contributed by atoms with Crippen LogP contribution in [0, 0.1) is 5.82 Å². The molecule has 0 unspecified atom stereocenters. The Balaban J connectivity index is 1.71. The summed E-state index contributed by atoms with van der Waals surface area (Å²) in [6.45, 7) is 5.97. The van der Waals surface area contributed by atoms with E-state index in [4.69, 9.17) is 17.3 Å². The number of urea groups is 1. The Morgan fingerprint density at radius 2 is 1.79 bits per heavy atom. The second-order valence-electron chi connectivity index (χ2n) is 8.61. The number of carbonyl (C=O) groups excluding carboxylic acids is 1. The zero-order valence-electron chi connectivity index (χ0n) is 18.8. The highest BCUT2D eigenvalue weighted by atomic mass is 35.5. The van der Waals surface area contributed by atoms with Crippen LogP contribution in [0.3, 0.4) is 0 Å². The molecule has 2 aromatic carbocycles. The quantitative estimate of drug-likeness (QED) is 0.292. The number of benzene rings is 2. The number of halogens is 2. The van der Waals surface area contributed by atoms with Gasteiger partial charge in [-0.3, -0.25) is 0 Å². The molecule has 4 rings (SSSR count). The van der Waals surface area contributed by atoms with E-state index in [-0.39, 0.29) is 22.6 Å². The summed E-state index contributed by atoms with van der Waals surface area (Å²) in [7, 11) is 0. The lowest BCUT2D eigenvalue weighted by Crippen LogP contribution is -2.20. The smallest absolute Gasteiger partial charge is 0.323 e. The van der Waals surface area contributed by atoms with Gasteiger partial charge >= 0.3 is 6.03 Å². The van der Waals surface area contributed by atoms with Crippen molar-refractivity contribution in [3.05, 3.63) is 71.4 Å². The predicted octanol–water partition coefficient (Wildman–Crippen LogP) is 5.85. The molecule has 0 atom stereocenters. The van der Waals surface area contributed by atoms with Gasteiger partial charge in [-0.05, 0) is 42.5 Å². The van der Waals surface area contributed by atoms with Crippen LogP contribution in [-0.2, 0) is 5.41 Å². The second kappa shape index (κ2) is 9.11. The Hall–Kier alpha value is -3.98. The van der Waals surface area contributed by atoms with E-state index < -0.39 is 11.8 Å². The molecule has 34 heavy (non-hydrogen) atoms. The van der Waals surface area contributed by atoms with E-state index in [2.05, 4.69) is 30.6 Å². The maximum atomic E-state index is 15.6. The highest BCUT2D eigenvalue weighted by Crippen LogP contribution is 2.35. The van der Waals surface area contributed by atoms with Crippen molar-refractivity contribution in [3.8, 4) is 22.6 Å². The number of H-pyrrole nitrogens is 1. The van der Waals surface area contributed by atoms with Gasteiger partial charge in [0, 0.05) is 27.9 Å². The summed E-state index contributed by atoms with van der Waals surface area (Å²) < 4.78 is 15.6. The van der Waals surface area contributed by atoms with E-state index in [9.17, 15) is 4.79 Å². The number of anilines is 3. The monoisotopic (exact) mass is 479 g/mol. The Morgan fingerprint density at radius 1 is 1.06 bits per heavy atom. The zero-order valence-corrected chi connectivity index (χ0v) is 19.5. The lowest BCUT2D eigenvalue weighted by Gasteiger charge is -2.14. The highest BCUT2D eigenvalue weighted by Gasteiger charge is 2.25. The molecule has 5 N–H and O–H groups in total. The number of carbonyl (C=O) groups is 1. The van der Waals surface area contributed by atoms with E-state index in [0.717, 1.165) is 0 Å². The molecule has 0 radical (unpaired) electrons. The van der Waals surface area contributed by atoms with E-state index in [0.29, 0.717) is 33.6 Å². The molecule has 0 saturated heterocycles. The maximum Gasteiger partial charge on any atom is 0.323 e. The van der Waals surface area contributed by atoms with Crippen LogP contribution >= 0.6 is 11.6 Å². The van der Waals surface area contributed by atoms with Crippen molar-refractivity contribution in [3.63, 3.8) is 0 Å². The van der Waals surface area contributed by atoms with Crippen LogP contribution < -0.4 is 16.4 Å². The number of nitrogen functional groups attached to an aromatic ring is 1. The van der Waals surface area contributed by atoms with E-state index in [1.807, 2.05) is 20.8 Å². The second-order valence-corrected chi connectivity index (χ2v) is 9.05. The number of nitrogens with zero attached hydrogens (tertiary/aromatic N) is 3. The third-order valence-electron chi connectivity index (χ3n) is 4.95. The summed E-state index contributed by atoms with van der Waals surface area (Å²) in [6, 6.07) is 12.3. The normalized spacial score (nSPS) is 11.3. The van der Waals surface area contributed by atoms with Crippen LogP contribution in [0.2, 0.25) is 5.02 Å². The number of nitrogens with two attached hydrogens (primary N) is 1. The molecular formula is C24H23ClFN7O. The molecule has 0 aliphatic carbocycles. The van der Waals surface area contributed by atoms with Gasteiger partial charge in [-0.15, -0.1) is 0 Å². The Morgan fingerprint density at radius 3 is 2.47 bits per heavy atom. The summed E-state index contributed by atoms with van der Waals surface area (Å²) in [5.41, 5.74) is 7.47. The van der Waals surface area contributed by atoms with Crippen molar-refractivity contribution in [2.24, 2.45) is 0 Å². The molecule has 0 bridgehead atoms. The minimum absolute atomic E-state index is 0.00239. The van der Waals surface area contributed by atoms with Crippen molar-refractivity contribution in [2.45, 2.75) is 26.2 Å². The van der Waals surface area contributed by atoms with Crippen molar-refractivity contribution in [2.75, 3.05) is 16.4 Å². The predicted molar refractivity (Wildman–Crippen MR) is 132 cm³/mol. The average Bonchev–Trinajstić information content (AvgIpc) is 3.23. The summed E-state index contributed by atoms with van der Waals surface area (Å²) in [5.74, 6) is 0.0991. The SMILES string of the molecule is CC(C)(C)c1nc(-c2cccc(NC(=O)Nc3ccc(Cl)cc3)c2F)c(-c2ccnc(N)n2)[nH]1. The molecule has 2 aromatic heterocycles. The van der Waals surface area contributed by atoms with Crippen LogP contribution in [0.4, 0.5) is 26.5 Å². The average molecular weight is 480 g/mol. The Bertz CT molecular complexity index is 1350. The summed E-state index contributed by atoms with van der Waals surface area (Å²) in [5, 5.41) is 5.73. The molecule has 8 nitrogen and oxygen atoms in total. The first-order valence-electron chi connectivity index (χ1n) is 10.4. The van der Waals surface area contributed by atoms with Gasteiger partial charge in [0.2, 0.25) is 5.95 Å². The molecule has 2 amide bonds. The first-order valence-corrected chi connectivity index (χ1v) is 10.8. The molecule has 0 spiro atoms. The van der Waals surface area contributed by atoms with Crippen molar-refractivity contribution >= 4 is 35.0 Å². The van der Waals surface area contributed by atoms with Crippen LogP contribution in [-0.4, -0.2) is 26.0 Å². The summed E-state index contributed by atoms with van der Waals surface area (Å²) in [4.78, 5) is 28.6. The van der Waals surface area contributed by atoms with Gasteiger partial charge < -0.3 is 21.4 Å². The molecule has 4 aromatic rings. The van der Waals surface area contributed by atoms with Crippen molar-refractivity contribution in [1.29, 1.82) is 0 Å². The first kappa shape index (κ1) is 23.2. The number of amides is 2. The topological polar surface area (TPSA) is 122 Å². The molecule has 0 saturated carbocycles. The molecule has 0 fully saturated rings. The number of aromatic amines is 1. The van der Waals surface area contributed by atoms with Gasteiger partial charge in [0.25, 0.3) is 0 Å². The third-order valence-corrected chi connectivity index (χ3v) is 5.20. The van der Waals surface area contributed by atoms with Gasteiger partial charge in [0.05, 0.1) is 17.1 Å². The standard InChI is InChI=1S/C24H23ClFN7O/c1-24(2,3)21-32-19(20(33-21)17-11-12-28-22(27)30-17)15-5-4-6-16(18(15)26)31-23(34)29-14-9-7-13(25)8-10-14/h4-12H,1-3H3,(H,32,33)(H2,27,28,30)(H2,29,31,34). The van der Waals surface area contributed by atoms with E-state index in [1.54, 1.807) is 42.5 Å². The van der Waals surface area contributed by atoms with E-state index >= 15 is 4.39 Å². The number of rotatable bonds is 4. The highest BCUT2D eigenvalue weighted by molar-refractivity contribution is 6.30. The minimum Gasteiger partial charge on any atom is -0.368 e. The van der Waals surface area contributed by atoms with Crippen LogP contribution in [0.25, 0.3) is 22.6 Å². The molecule has 174 valence electrons. The van der Waals surface area contributed by atoms with Crippen molar-refractivity contribution in [1.82, 2.24) is 19.9 Å². The van der Waals surface area contributed by atoms with Crippen molar-refractivity contribution < 1.29 is 9.18 Å². The number of hydrogen-bond donors (Lipinski definition) is 4. The number of aromatic nitrogens is 4. The molecular weight excluding hydrogens is 457 g/mol. The number of imidazole rings is 1. The molecule has 10 heteroatoms. The summed E-state index contributed by atoms with van der Waals surface area (Å²) >= 11 is 5.87. The fourth-order valence-corrected chi connectivity index (χ4v) is 3.38. The van der Waals surface area contributed by atoms with Crippen LogP contribution in [0.15, 0.2) is 54.7 Å². The van der Waals surface area contributed by atoms with E-state index in [1.165, 1.54) is 12.3 Å². The fraction of sp³-hybridized carbons (Fsp3) is 0.167. The molecule has 0 aliphatic rings. The van der Waals surface area contributed by atoms with Crippen LogP contribution in [0.1, 0.15) is 26.6 Å². The molecule has 2 heterocycles. The van der Waals surface area contributed by atoms with Gasteiger partial charge in [-0.1, -0.05) is 38.4 Å². The Labute approximate surface area is 200 Å².